The van der Waals surface area contributed by atoms with E-state index in [0.29, 0.717) is 0 Å². The molecule has 0 unspecified atom stereocenters. The van der Waals surface area contributed by atoms with Crippen LogP contribution in [0.4, 0.5) is 13.2 Å². The van der Waals surface area contributed by atoms with Crippen molar-refractivity contribution in [3.63, 3.8) is 0 Å². The first-order chi connectivity index (χ1) is 5.50. The van der Waals surface area contributed by atoms with Crippen LogP contribution in [0.1, 0.15) is 6.42 Å². The van der Waals surface area contributed by atoms with Crippen LogP contribution in [0.3, 0.4) is 0 Å². The number of halogens is 3. The zero-order valence-corrected chi connectivity index (χ0v) is 6.45. The fourth-order valence-electron chi connectivity index (χ4n) is 0.524. The molecular formula is C6H11F3N2O. The molecular weight excluding hydrogens is 173 g/mol. The summed E-state index contributed by atoms with van der Waals surface area (Å²) < 4.78 is 36.1. The van der Waals surface area contributed by atoms with Gasteiger partial charge in [-0.3, -0.25) is 9.18 Å². The Morgan fingerprint density at radius 1 is 1.50 bits per heavy atom. The van der Waals surface area contributed by atoms with Gasteiger partial charge in [0.25, 0.3) is 5.91 Å². The van der Waals surface area contributed by atoms with Gasteiger partial charge >= 0.3 is 5.92 Å². The Morgan fingerprint density at radius 2 is 2.08 bits per heavy atom. The van der Waals surface area contributed by atoms with Crippen molar-refractivity contribution in [2.45, 2.75) is 12.3 Å². The Labute approximate surface area is 68.1 Å². The van der Waals surface area contributed by atoms with E-state index in [2.05, 4.69) is 11.1 Å². The van der Waals surface area contributed by atoms with Gasteiger partial charge in [0.2, 0.25) is 0 Å². The van der Waals surface area contributed by atoms with Crippen LogP contribution in [0, 0.1) is 0 Å². The summed E-state index contributed by atoms with van der Waals surface area (Å²) in [7, 11) is 0. The van der Waals surface area contributed by atoms with Gasteiger partial charge in [-0.25, -0.2) is 0 Å². The molecule has 3 nitrogen and oxygen atoms in total. The van der Waals surface area contributed by atoms with Crippen LogP contribution < -0.4 is 11.1 Å². The van der Waals surface area contributed by atoms with Gasteiger partial charge in [-0.05, 0) is 13.0 Å². The molecule has 0 fully saturated rings. The standard InChI is InChI=1S/C6H11F3N2O/c7-2-1-3-11-4-6(8,9)5(10)12/h11H,1-4H2,(H2,10,12). The highest BCUT2D eigenvalue weighted by atomic mass is 19.3. The Kier molecular flexibility index (Phi) is 4.65. The number of primary amides is 1. The van der Waals surface area contributed by atoms with Crippen molar-refractivity contribution in [3.8, 4) is 0 Å². The Hall–Kier alpha value is -0.780. The SMILES string of the molecule is NC(=O)C(F)(F)CNCCCF. The fourth-order valence-corrected chi connectivity index (χ4v) is 0.524. The first-order valence-corrected chi connectivity index (χ1v) is 3.45. The summed E-state index contributed by atoms with van der Waals surface area (Å²) >= 11 is 0. The third-order valence-electron chi connectivity index (χ3n) is 1.19. The monoisotopic (exact) mass is 184 g/mol. The number of carbonyl (C=O) groups excluding carboxylic acids is 1. The summed E-state index contributed by atoms with van der Waals surface area (Å²) in [5, 5.41) is 2.22. The van der Waals surface area contributed by atoms with Crippen LogP contribution in [0.15, 0.2) is 0 Å². The van der Waals surface area contributed by atoms with Crippen LogP contribution in [0.2, 0.25) is 0 Å². The molecule has 0 aromatic rings. The van der Waals surface area contributed by atoms with Crippen molar-refractivity contribution in [1.29, 1.82) is 0 Å². The summed E-state index contributed by atoms with van der Waals surface area (Å²) in [5.74, 6) is -5.22. The number of hydrogen-bond acceptors (Lipinski definition) is 2. The molecule has 3 N–H and O–H groups in total. The summed E-state index contributed by atoms with van der Waals surface area (Å²) in [6.07, 6.45) is 0.148. The normalized spacial score (nSPS) is 11.6. The maximum Gasteiger partial charge on any atom is 0.336 e. The van der Waals surface area contributed by atoms with Crippen molar-refractivity contribution in [2.24, 2.45) is 5.73 Å². The van der Waals surface area contributed by atoms with Gasteiger partial charge in [-0.1, -0.05) is 0 Å². The van der Waals surface area contributed by atoms with Gasteiger partial charge in [-0.2, -0.15) is 8.78 Å². The molecule has 0 spiro atoms. The van der Waals surface area contributed by atoms with E-state index in [9.17, 15) is 18.0 Å². The Balaban J connectivity index is 3.54. The van der Waals surface area contributed by atoms with Crippen molar-refractivity contribution >= 4 is 5.91 Å². The first kappa shape index (κ1) is 11.2. The lowest BCUT2D eigenvalue weighted by Crippen LogP contribution is -2.44. The predicted molar refractivity (Wildman–Crippen MR) is 37.6 cm³/mol. The summed E-state index contributed by atoms with van der Waals surface area (Å²) in [6, 6.07) is 0. The Morgan fingerprint density at radius 3 is 2.50 bits per heavy atom. The highest BCUT2D eigenvalue weighted by Gasteiger charge is 2.35. The molecule has 0 aromatic heterocycles. The lowest BCUT2D eigenvalue weighted by atomic mass is 10.3. The van der Waals surface area contributed by atoms with E-state index in [-0.39, 0.29) is 13.0 Å². The summed E-state index contributed by atoms with van der Waals surface area (Å²) in [6.45, 7) is -1.29. The Bertz CT molecular complexity index is 152. The molecule has 0 atom stereocenters. The molecule has 0 bridgehead atoms. The van der Waals surface area contributed by atoms with E-state index >= 15 is 0 Å². The molecule has 0 aliphatic heterocycles. The topological polar surface area (TPSA) is 55.1 Å². The largest absolute Gasteiger partial charge is 0.364 e. The van der Waals surface area contributed by atoms with Crippen molar-refractivity contribution in [3.05, 3.63) is 0 Å². The molecule has 1 amide bonds. The van der Waals surface area contributed by atoms with Crippen molar-refractivity contribution in [1.82, 2.24) is 5.32 Å². The van der Waals surface area contributed by atoms with Gasteiger partial charge in [0.05, 0.1) is 13.2 Å². The minimum absolute atomic E-state index is 0.110. The molecule has 0 saturated heterocycles. The number of carbonyl (C=O) groups is 1. The first-order valence-electron chi connectivity index (χ1n) is 3.45. The van der Waals surface area contributed by atoms with Crippen molar-refractivity contribution < 1.29 is 18.0 Å². The molecule has 6 heteroatoms. The minimum Gasteiger partial charge on any atom is -0.364 e. The number of nitrogens with one attached hydrogen (secondary N) is 1. The third kappa shape index (κ3) is 4.17. The maximum atomic E-state index is 12.3. The molecule has 0 saturated carbocycles. The molecule has 0 rings (SSSR count). The number of nitrogens with two attached hydrogens (primary N) is 1. The van der Waals surface area contributed by atoms with Crippen LogP contribution in [-0.4, -0.2) is 31.6 Å². The second-order valence-electron chi connectivity index (χ2n) is 2.29. The molecule has 0 radical (unpaired) electrons. The highest BCUT2D eigenvalue weighted by molar-refractivity contribution is 5.81. The maximum absolute atomic E-state index is 12.3. The number of rotatable bonds is 6. The molecule has 12 heavy (non-hydrogen) atoms. The van der Waals surface area contributed by atoms with E-state index in [0.717, 1.165) is 0 Å². The molecule has 0 aromatic carbocycles. The number of alkyl halides is 3. The van der Waals surface area contributed by atoms with E-state index in [4.69, 9.17) is 0 Å². The van der Waals surface area contributed by atoms with Gasteiger partial charge in [0, 0.05) is 0 Å². The third-order valence-corrected chi connectivity index (χ3v) is 1.19. The van der Waals surface area contributed by atoms with E-state index < -0.39 is 25.0 Å². The fraction of sp³-hybridized carbons (Fsp3) is 0.833. The van der Waals surface area contributed by atoms with E-state index in [1.54, 1.807) is 0 Å². The van der Waals surface area contributed by atoms with E-state index in [1.165, 1.54) is 0 Å². The van der Waals surface area contributed by atoms with Gasteiger partial charge < -0.3 is 11.1 Å². The smallest absolute Gasteiger partial charge is 0.336 e. The molecule has 0 aliphatic carbocycles. The number of amides is 1. The van der Waals surface area contributed by atoms with Gasteiger partial charge in [-0.15, -0.1) is 0 Å². The summed E-state index contributed by atoms with van der Waals surface area (Å²) in [4.78, 5) is 10.0. The quantitative estimate of drug-likeness (QED) is 0.573. The van der Waals surface area contributed by atoms with Gasteiger partial charge in [0.1, 0.15) is 0 Å². The van der Waals surface area contributed by atoms with Crippen LogP contribution >= 0.6 is 0 Å². The molecule has 0 heterocycles. The lowest BCUT2D eigenvalue weighted by Gasteiger charge is -2.12. The van der Waals surface area contributed by atoms with Crippen molar-refractivity contribution in [2.75, 3.05) is 19.8 Å². The number of hydrogen-bond donors (Lipinski definition) is 2. The minimum atomic E-state index is -3.55. The van der Waals surface area contributed by atoms with Crippen LogP contribution in [0.5, 0.6) is 0 Å². The van der Waals surface area contributed by atoms with E-state index in [1.807, 2.05) is 0 Å². The lowest BCUT2D eigenvalue weighted by molar-refractivity contribution is -0.141. The van der Waals surface area contributed by atoms with Crippen LogP contribution in [0.25, 0.3) is 0 Å². The van der Waals surface area contributed by atoms with Crippen LogP contribution in [-0.2, 0) is 4.79 Å². The summed E-state index contributed by atoms with van der Waals surface area (Å²) in [5.41, 5.74) is 4.38. The molecule has 0 aliphatic rings. The zero-order chi connectivity index (χ0) is 9.61. The van der Waals surface area contributed by atoms with Gasteiger partial charge in [0.15, 0.2) is 0 Å². The predicted octanol–water partition coefficient (Wildman–Crippen LogP) is 0.0562. The highest BCUT2D eigenvalue weighted by Crippen LogP contribution is 2.09. The zero-order valence-electron chi connectivity index (χ0n) is 6.45. The second kappa shape index (κ2) is 4.97. The second-order valence-corrected chi connectivity index (χ2v) is 2.29. The average Bonchev–Trinajstić information content (AvgIpc) is 1.98. The molecule has 72 valence electrons. The average molecular weight is 184 g/mol.